The molecule has 1 aliphatic rings. The van der Waals surface area contributed by atoms with Gasteiger partial charge in [-0.05, 0) is 25.1 Å². The van der Waals surface area contributed by atoms with Crippen LogP contribution < -0.4 is 10.2 Å². The molecule has 1 aromatic carbocycles. The molecule has 0 bridgehead atoms. The molecule has 1 atom stereocenters. The van der Waals surface area contributed by atoms with Gasteiger partial charge in [-0.15, -0.1) is 0 Å². The third-order valence-electron chi connectivity index (χ3n) is 2.74. The molecule has 1 aromatic rings. The van der Waals surface area contributed by atoms with E-state index in [2.05, 4.69) is 5.32 Å². The minimum absolute atomic E-state index is 0.185. The highest BCUT2D eigenvalue weighted by Crippen LogP contribution is 2.23. The largest absolute Gasteiger partial charge is 0.345 e. The molecule has 1 heterocycles. The molecule has 1 unspecified atom stereocenters. The first-order valence-electron chi connectivity index (χ1n) is 5.54. The molecule has 0 aromatic heterocycles. The van der Waals surface area contributed by atoms with Gasteiger partial charge in [0.1, 0.15) is 11.9 Å². The molecule has 1 N–H and O–H groups in total. The fourth-order valence-electron chi connectivity index (χ4n) is 1.88. The first-order valence-corrected chi connectivity index (χ1v) is 5.92. The van der Waals surface area contributed by atoms with Gasteiger partial charge in [0.15, 0.2) is 0 Å². The maximum Gasteiger partial charge on any atom is 0.249 e. The molecule has 0 radical (unpaired) electrons. The molecular weight excluding hydrogens is 259 g/mol. The van der Waals surface area contributed by atoms with Crippen LogP contribution >= 0.6 is 11.6 Å². The standard InChI is InChI=1S/C12H12ClFN2O2/c1-7-12(18)16(3-2-11(17)15-7)10-5-8(13)4-9(14)6-10/h4-7H,2-3H2,1H3,(H,15,17). The Morgan fingerprint density at radius 3 is 2.78 bits per heavy atom. The van der Waals surface area contributed by atoms with Gasteiger partial charge in [0, 0.05) is 23.7 Å². The number of benzene rings is 1. The van der Waals surface area contributed by atoms with Crippen LogP contribution in [-0.4, -0.2) is 24.4 Å². The van der Waals surface area contributed by atoms with Crippen molar-refractivity contribution in [2.45, 2.75) is 19.4 Å². The maximum atomic E-state index is 13.3. The van der Waals surface area contributed by atoms with E-state index in [0.29, 0.717) is 5.69 Å². The van der Waals surface area contributed by atoms with Crippen molar-refractivity contribution in [1.29, 1.82) is 0 Å². The molecule has 18 heavy (non-hydrogen) atoms. The molecule has 96 valence electrons. The van der Waals surface area contributed by atoms with Crippen molar-refractivity contribution in [1.82, 2.24) is 5.32 Å². The van der Waals surface area contributed by atoms with Crippen LogP contribution in [0, 0.1) is 5.82 Å². The van der Waals surface area contributed by atoms with Crippen LogP contribution in [0.3, 0.4) is 0 Å². The molecule has 2 amide bonds. The Balaban J connectivity index is 2.35. The summed E-state index contributed by atoms with van der Waals surface area (Å²) >= 11 is 5.76. The van der Waals surface area contributed by atoms with Crippen molar-refractivity contribution in [2.75, 3.05) is 11.4 Å². The van der Waals surface area contributed by atoms with E-state index < -0.39 is 11.9 Å². The van der Waals surface area contributed by atoms with Gasteiger partial charge in [-0.1, -0.05) is 11.6 Å². The molecule has 0 saturated carbocycles. The van der Waals surface area contributed by atoms with Crippen LogP contribution in [0.5, 0.6) is 0 Å². The van der Waals surface area contributed by atoms with Crippen molar-refractivity contribution >= 4 is 29.1 Å². The first-order chi connectivity index (χ1) is 8.47. The number of halogens is 2. The summed E-state index contributed by atoms with van der Waals surface area (Å²) in [5.41, 5.74) is 0.369. The number of rotatable bonds is 1. The third-order valence-corrected chi connectivity index (χ3v) is 2.95. The van der Waals surface area contributed by atoms with Crippen LogP contribution in [0.15, 0.2) is 18.2 Å². The molecule has 2 rings (SSSR count). The fraction of sp³-hybridized carbons (Fsp3) is 0.333. The van der Waals surface area contributed by atoms with Gasteiger partial charge in [-0.25, -0.2) is 4.39 Å². The summed E-state index contributed by atoms with van der Waals surface area (Å²) in [6.07, 6.45) is 0.185. The Labute approximate surface area is 109 Å². The third kappa shape index (κ3) is 2.61. The van der Waals surface area contributed by atoms with Crippen molar-refractivity contribution in [3.05, 3.63) is 29.0 Å². The summed E-state index contributed by atoms with van der Waals surface area (Å²) in [7, 11) is 0. The lowest BCUT2D eigenvalue weighted by molar-refractivity contribution is -0.125. The number of nitrogens with one attached hydrogen (secondary N) is 1. The highest BCUT2D eigenvalue weighted by atomic mass is 35.5. The van der Waals surface area contributed by atoms with Crippen LogP contribution in [0.2, 0.25) is 5.02 Å². The number of nitrogens with zero attached hydrogens (tertiary/aromatic N) is 1. The Morgan fingerprint density at radius 1 is 1.39 bits per heavy atom. The number of amides is 2. The van der Waals surface area contributed by atoms with E-state index in [1.165, 1.54) is 23.1 Å². The maximum absolute atomic E-state index is 13.3. The van der Waals surface area contributed by atoms with Gasteiger partial charge in [0.05, 0.1) is 0 Å². The molecular formula is C12H12ClFN2O2. The van der Waals surface area contributed by atoms with E-state index >= 15 is 0 Å². The molecule has 1 saturated heterocycles. The molecule has 1 aliphatic heterocycles. The predicted octanol–water partition coefficient (Wildman–Crippen LogP) is 1.72. The normalized spacial score (nSPS) is 20.6. The number of hydrogen-bond donors (Lipinski definition) is 1. The average Bonchev–Trinajstić information content (AvgIpc) is 2.38. The van der Waals surface area contributed by atoms with Crippen LogP contribution in [-0.2, 0) is 9.59 Å². The van der Waals surface area contributed by atoms with Crippen molar-refractivity contribution < 1.29 is 14.0 Å². The van der Waals surface area contributed by atoms with E-state index in [1.807, 2.05) is 0 Å². The lowest BCUT2D eigenvalue weighted by Gasteiger charge is -2.22. The highest BCUT2D eigenvalue weighted by Gasteiger charge is 2.27. The summed E-state index contributed by atoms with van der Waals surface area (Å²) in [6.45, 7) is 1.81. The summed E-state index contributed by atoms with van der Waals surface area (Å²) in [4.78, 5) is 24.8. The van der Waals surface area contributed by atoms with Gasteiger partial charge in [-0.3, -0.25) is 9.59 Å². The van der Waals surface area contributed by atoms with Gasteiger partial charge < -0.3 is 10.2 Å². The second kappa shape index (κ2) is 4.94. The van der Waals surface area contributed by atoms with E-state index in [1.54, 1.807) is 6.92 Å². The summed E-state index contributed by atoms with van der Waals surface area (Å²) < 4.78 is 13.3. The average molecular weight is 271 g/mol. The zero-order chi connectivity index (χ0) is 13.3. The quantitative estimate of drug-likeness (QED) is 0.845. The van der Waals surface area contributed by atoms with Crippen molar-refractivity contribution in [2.24, 2.45) is 0 Å². The topological polar surface area (TPSA) is 49.4 Å². The summed E-state index contributed by atoms with van der Waals surface area (Å²) in [5.74, 6) is -0.982. The minimum Gasteiger partial charge on any atom is -0.345 e. The van der Waals surface area contributed by atoms with Crippen molar-refractivity contribution in [3.63, 3.8) is 0 Å². The monoisotopic (exact) mass is 270 g/mol. The van der Waals surface area contributed by atoms with Gasteiger partial charge in [0.25, 0.3) is 0 Å². The summed E-state index contributed by atoms with van der Waals surface area (Å²) in [5, 5.41) is 2.78. The minimum atomic E-state index is -0.623. The molecule has 6 heteroatoms. The number of carbonyl (C=O) groups excluding carboxylic acids is 2. The Bertz CT molecular complexity index is 487. The highest BCUT2D eigenvalue weighted by molar-refractivity contribution is 6.31. The Morgan fingerprint density at radius 2 is 2.11 bits per heavy atom. The predicted molar refractivity (Wildman–Crippen MR) is 66.0 cm³/mol. The van der Waals surface area contributed by atoms with E-state index in [9.17, 15) is 14.0 Å². The first kappa shape index (κ1) is 12.8. The van der Waals surface area contributed by atoms with Crippen molar-refractivity contribution in [3.8, 4) is 0 Å². The number of anilines is 1. The second-order valence-electron chi connectivity index (χ2n) is 4.16. The second-order valence-corrected chi connectivity index (χ2v) is 4.59. The lowest BCUT2D eigenvalue weighted by atomic mass is 10.2. The lowest BCUT2D eigenvalue weighted by Crippen LogP contribution is -2.42. The van der Waals surface area contributed by atoms with E-state index in [0.717, 1.165) is 0 Å². The number of carbonyl (C=O) groups is 2. The fourth-order valence-corrected chi connectivity index (χ4v) is 2.10. The Kier molecular flexibility index (Phi) is 3.52. The van der Waals surface area contributed by atoms with Crippen LogP contribution in [0.25, 0.3) is 0 Å². The van der Waals surface area contributed by atoms with E-state index in [4.69, 9.17) is 11.6 Å². The summed E-state index contributed by atoms with van der Waals surface area (Å²) in [6, 6.07) is 3.28. The zero-order valence-corrected chi connectivity index (χ0v) is 10.5. The molecule has 4 nitrogen and oxygen atoms in total. The van der Waals surface area contributed by atoms with Gasteiger partial charge >= 0.3 is 0 Å². The SMILES string of the molecule is CC1NC(=O)CCN(c2cc(F)cc(Cl)c2)C1=O. The van der Waals surface area contributed by atoms with Gasteiger partial charge in [-0.2, -0.15) is 0 Å². The Hall–Kier alpha value is -1.62. The van der Waals surface area contributed by atoms with Gasteiger partial charge in [0.2, 0.25) is 11.8 Å². The zero-order valence-electron chi connectivity index (χ0n) is 9.74. The molecule has 0 spiro atoms. The smallest absolute Gasteiger partial charge is 0.249 e. The van der Waals surface area contributed by atoms with E-state index in [-0.39, 0.29) is 29.8 Å². The molecule has 1 fully saturated rings. The van der Waals surface area contributed by atoms with Crippen LogP contribution in [0.1, 0.15) is 13.3 Å². The molecule has 0 aliphatic carbocycles. The van der Waals surface area contributed by atoms with Crippen LogP contribution in [0.4, 0.5) is 10.1 Å². The number of hydrogen-bond acceptors (Lipinski definition) is 2.